The highest BCUT2D eigenvalue weighted by Gasteiger charge is 2.37. The summed E-state index contributed by atoms with van der Waals surface area (Å²) >= 11 is 0. The van der Waals surface area contributed by atoms with Gasteiger partial charge in [-0.1, -0.05) is 6.07 Å². The van der Waals surface area contributed by atoms with Gasteiger partial charge in [0.25, 0.3) is 5.91 Å². The fourth-order valence-corrected chi connectivity index (χ4v) is 2.45. The average Bonchev–Trinajstić information content (AvgIpc) is 2.78. The van der Waals surface area contributed by atoms with Crippen molar-refractivity contribution in [3.63, 3.8) is 0 Å². The van der Waals surface area contributed by atoms with Crippen LogP contribution in [0.5, 0.6) is 0 Å². The van der Waals surface area contributed by atoms with Gasteiger partial charge in [0.05, 0.1) is 7.11 Å². The minimum absolute atomic E-state index is 0.00459. The largest absolute Gasteiger partial charge is 0.467 e. The summed E-state index contributed by atoms with van der Waals surface area (Å²) in [6.07, 6.45) is 0.122. The van der Waals surface area contributed by atoms with E-state index in [1.54, 1.807) is 18.2 Å². The van der Waals surface area contributed by atoms with Gasteiger partial charge in [-0.05, 0) is 18.6 Å². The summed E-state index contributed by atoms with van der Waals surface area (Å²) < 4.78 is 4.72. The van der Waals surface area contributed by atoms with Crippen molar-refractivity contribution < 1.29 is 19.1 Å². The number of carbonyl (C=O) groups is 3. The van der Waals surface area contributed by atoms with Gasteiger partial charge in [-0.15, -0.1) is 0 Å². The fraction of sp³-hybridized carbons (Fsp3) is 0.357. The number of nitrogens with zero attached hydrogens (tertiary/aromatic N) is 1. The zero-order valence-electron chi connectivity index (χ0n) is 11.7. The van der Waals surface area contributed by atoms with E-state index in [2.05, 4.69) is 0 Å². The highest BCUT2D eigenvalue weighted by Crippen LogP contribution is 2.30. The number of fused-ring (bicyclic) bond motifs is 1. The van der Waals surface area contributed by atoms with Crippen LogP contribution in [0, 0.1) is 0 Å². The van der Waals surface area contributed by atoms with Crippen molar-refractivity contribution in [2.75, 3.05) is 12.8 Å². The molecule has 1 aliphatic rings. The number of methoxy groups -OCH3 is 1. The number of rotatable bonds is 5. The molecule has 1 aliphatic heterocycles. The van der Waals surface area contributed by atoms with Crippen LogP contribution < -0.4 is 11.5 Å². The molecule has 1 aromatic rings. The molecule has 4 N–H and O–H groups in total. The first-order valence-corrected chi connectivity index (χ1v) is 6.50. The average molecular weight is 291 g/mol. The number of amides is 2. The predicted molar refractivity (Wildman–Crippen MR) is 75.0 cm³/mol. The summed E-state index contributed by atoms with van der Waals surface area (Å²) in [6, 6.07) is 4.20. The molecule has 0 aromatic heterocycles. The molecule has 0 radical (unpaired) electrons. The number of carbonyl (C=O) groups excluding carboxylic acids is 3. The molecular formula is C14H17N3O4. The van der Waals surface area contributed by atoms with Crippen molar-refractivity contribution in [2.24, 2.45) is 5.73 Å². The summed E-state index contributed by atoms with van der Waals surface area (Å²) in [4.78, 5) is 36.6. The van der Waals surface area contributed by atoms with Crippen molar-refractivity contribution in [3.05, 3.63) is 29.3 Å². The van der Waals surface area contributed by atoms with E-state index in [9.17, 15) is 14.4 Å². The minimum Gasteiger partial charge on any atom is -0.467 e. The fourth-order valence-electron chi connectivity index (χ4n) is 2.45. The summed E-state index contributed by atoms with van der Waals surface area (Å²) in [6.45, 7) is 0.222. The van der Waals surface area contributed by atoms with E-state index in [1.807, 2.05) is 0 Å². The van der Waals surface area contributed by atoms with Crippen LogP contribution in [0.1, 0.15) is 28.8 Å². The molecule has 2 rings (SSSR count). The first-order valence-electron chi connectivity index (χ1n) is 6.50. The molecule has 7 heteroatoms. The Hall–Kier alpha value is -2.57. The Bertz CT molecular complexity index is 600. The molecule has 1 aromatic carbocycles. The van der Waals surface area contributed by atoms with Crippen LogP contribution in [0.15, 0.2) is 18.2 Å². The Labute approximate surface area is 121 Å². The first kappa shape index (κ1) is 14.8. The molecule has 2 amide bonds. The van der Waals surface area contributed by atoms with Crippen molar-refractivity contribution >= 4 is 23.5 Å². The Morgan fingerprint density at radius 1 is 1.43 bits per heavy atom. The van der Waals surface area contributed by atoms with Crippen molar-refractivity contribution in [2.45, 2.75) is 25.4 Å². The smallest absolute Gasteiger partial charge is 0.328 e. The third-order valence-electron chi connectivity index (χ3n) is 3.55. The summed E-state index contributed by atoms with van der Waals surface area (Å²) in [5.74, 6) is -1.40. The van der Waals surface area contributed by atoms with Gasteiger partial charge in [-0.25, -0.2) is 4.79 Å². The van der Waals surface area contributed by atoms with E-state index in [1.165, 1.54) is 12.0 Å². The second kappa shape index (κ2) is 5.82. The van der Waals surface area contributed by atoms with Crippen LogP contribution in [-0.2, 0) is 20.9 Å². The number of ether oxygens (including phenoxy) is 1. The number of benzene rings is 1. The molecule has 0 spiro atoms. The van der Waals surface area contributed by atoms with Crippen LogP contribution in [0.4, 0.5) is 5.69 Å². The Kier molecular flexibility index (Phi) is 4.11. The molecule has 112 valence electrons. The van der Waals surface area contributed by atoms with Crippen LogP contribution in [0.25, 0.3) is 0 Å². The lowest BCUT2D eigenvalue weighted by Crippen LogP contribution is -2.42. The van der Waals surface area contributed by atoms with E-state index < -0.39 is 17.9 Å². The first-order chi connectivity index (χ1) is 9.95. The molecule has 0 aliphatic carbocycles. The SMILES string of the molecule is COC(=O)[C@@H](CCC(N)=O)N1Cc2c(N)cccc2C1=O. The Morgan fingerprint density at radius 2 is 2.14 bits per heavy atom. The maximum absolute atomic E-state index is 12.4. The molecular weight excluding hydrogens is 274 g/mol. The van der Waals surface area contributed by atoms with Gasteiger partial charge in [0.1, 0.15) is 6.04 Å². The van der Waals surface area contributed by atoms with Crippen LogP contribution >= 0.6 is 0 Å². The monoisotopic (exact) mass is 291 g/mol. The number of hydrogen-bond acceptors (Lipinski definition) is 5. The number of hydrogen-bond donors (Lipinski definition) is 2. The van der Waals surface area contributed by atoms with E-state index in [0.29, 0.717) is 16.8 Å². The summed E-state index contributed by atoms with van der Waals surface area (Å²) in [5.41, 5.74) is 12.6. The quantitative estimate of drug-likeness (QED) is 0.586. The molecule has 0 saturated carbocycles. The number of esters is 1. The molecule has 0 bridgehead atoms. The van der Waals surface area contributed by atoms with Crippen molar-refractivity contribution in [1.29, 1.82) is 0 Å². The van der Waals surface area contributed by atoms with Gasteiger partial charge in [0.15, 0.2) is 0 Å². The van der Waals surface area contributed by atoms with Crippen molar-refractivity contribution in [3.8, 4) is 0 Å². The zero-order valence-corrected chi connectivity index (χ0v) is 11.7. The lowest BCUT2D eigenvalue weighted by molar-refractivity contribution is -0.146. The van der Waals surface area contributed by atoms with Crippen LogP contribution in [-0.4, -0.2) is 35.8 Å². The van der Waals surface area contributed by atoms with Gasteiger partial charge in [0, 0.05) is 29.8 Å². The molecule has 1 atom stereocenters. The summed E-state index contributed by atoms with van der Waals surface area (Å²) in [7, 11) is 1.24. The van der Waals surface area contributed by atoms with Gasteiger partial charge in [0.2, 0.25) is 5.91 Å². The molecule has 0 saturated heterocycles. The maximum atomic E-state index is 12.4. The van der Waals surface area contributed by atoms with E-state index >= 15 is 0 Å². The molecule has 0 unspecified atom stereocenters. The van der Waals surface area contributed by atoms with E-state index in [4.69, 9.17) is 16.2 Å². The van der Waals surface area contributed by atoms with Gasteiger partial charge < -0.3 is 21.1 Å². The van der Waals surface area contributed by atoms with Gasteiger partial charge >= 0.3 is 5.97 Å². The molecule has 7 nitrogen and oxygen atoms in total. The molecule has 0 fully saturated rings. The Morgan fingerprint density at radius 3 is 2.71 bits per heavy atom. The normalized spacial score (nSPS) is 14.7. The lowest BCUT2D eigenvalue weighted by atomic mass is 10.1. The molecule has 21 heavy (non-hydrogen) atoms. The third-order valence-corrected chi connectivity index (χ3v) is 3.55. The second-order valence-electron chi connectivity index (χ2n) is 4.85. The standard InChI is InChI=1S/C14H17N3O4/c1-21-14(20)11(5-6-12(16)18)17-7-9-8(13(17)19)3-2-4-10(9)15/h2-4,11H,5-7,15H2,1H3,(H2,16,18)/t11-/m1/s1. The lowest BCUT2D eigenvalue weighted by Gasteiger charge is -2.25. The predicted octanol–water partition coefficient (Wildman–Crippen LogP) is 0.0317. The number of primary amides is 1. The highest BCUT2D eigenvalue weighted by molar-refractivity contribution is 6.02. The van der Waals surface area contributed by atoms with Gasteiger partial charge in [-0.2, -0.15) is 0 Å². The number of anilines is 1. The Balaban J connectivity index is 2.27. The third kappa shape index (κ3) is 2.81. The van der Waals surface area contributed by atoms with Gasteiger partial charge in [-0.3, -0.25) is 9.59 Å². The number of nitrogen functional groups attached to an aromatic ring is 1. The minimum atomic E-state index is -0.846. The maximum Gasteiger partial charge on any atom is 0.328 e. The van der Waals surface area contributed by atoms with Crippen LogP contribution in [0.2, 0.25) is 0 Å². The van der Waals surface area contributed by atoms with E-state index in [-0.39, 0.29) is 25.3 Å². The van der Waals surface area contributed by atoms with Crippen molar-refractivity contribution in [1.82, 2.24) is 4.90 Å². The second-order valence-corrected chi connectivity index (χ2v) is 4.85. The van der Waals surface area contributed by atoms with Crippen LogP contribution in [0.3, 0.4) is 0 Å². The topological polar surface area (TPSA) is 116 Å². The number of nitrogens with two attached hydrogens (primary N) is 2. The summed E-state index contributed by atoms with van der Waals surface area (Å²) in [5, 5.41) is 0. The molecule has 1 heterocycles. The zero-order chi connectivity index (χ0) is 15.6. The van der Waals surface area contributed by atoms with E-state index in [0.717, 1.165) is 0 Å². The highest BCUT2D eigenvalue weighted by atomic mass is 16.5.